The number of benzene rings is 1. The molecule has 1 rings (SSSR count). The molecule has 1 aromatic rings. The molecule has 2 heteroatoms. The van der Waals surface area contributed by atoms with E-state index in [-0.39, 0.29) is 0 Å². The second kappa shape index (κ2) is 7.29. The lowest BCUT2D eigenvalue weighted by Gasteiger charge is -2.14. The second-order valence-corrected chi connectivity index (χ2v) is 4.34. The first kappa shape index (κ1) is 13.0. The molecule has 1 aromatic carbocycles. The number of ether oxygens (including phenoxy) is 1. The van der Waals surface area contributed by atoms with Crippen molar-refractivity contribution in [3.8, 4) is 5.75 Å². The lowest BCUT2D eigenvalue weighted by Crippen LogP contribution is -2.11. The molecule has 0 amide bonds. The smallest absolute Gasteiger partial charge is 0.123 e. The van der Waals surface area contributed by atoms with Gasteiger partial charge in [-0.05, 0) is 25.5 Å². The molecule has 1 unspecified atom stereocenters. The van der Waals surface area contributed by atoms with Crippen LogP contribution in [0.3, 0.4) is 0 Å². The molecule has 0 saturated heterocycles. The lowest BCUT2D eigenvalue weighted by atomic mass is 10.1. The van der Waals surface area contributed by atoms with Crippen LogP contribution in [0.2, 0.25) is 0 Å². The Balaban J connectivity index is 2.52. The molecule has 2 nitrogen and oxygen atoms in total. The van der Waals surface area contributed by atoms with Crippen LogP contribution in [0.4, 0.5) is 0 Å². The van der Waals surface area contributed by atoms with Crippen molar-refractivity contribution in [2.24, 2.45) is 5.92 Å². The average Bonchev–Trinajstić information content (AvgIpc) is 2.29. The van der Waals surface area contributed by atoms with Gasteiger partial charge in [0.25, 0.3) is 0 Å². The minimum Gasteiger partial charge on any atom is -0.493 e. The van der Waals surface area contributed by atoms with Gasteiger partial charge in [0.15, 0.2) is 0 Å². The third-order valence-electron chi connectivity index (χ3n) is 2.64. The molecule has 0 heterocycles. The van der Waals surface area contributed by atoms with E-state index in [4.69, 9.17) is 4.74 Å². The highest BCUT2D eigenvalue weighted by molar-refractivity contribution is 5.33. The SMILES string of the molecule is CCCC(C)COc1ccccc1CNC. The van der Waals surface area contributed by atoms with E-state index in [9.17, 15) is 0 Å². The summed E-state index contributed by atoms with van der Waals surface area (Å²) < 4.78 is 5.86. The summed E-state index contributed by atoms with van der Waals surface area (Å²) in [4.78, 5) is 0. The average molecular weight is 221 g/mol. The van der Waals surface area contributed by atoms with Crippen LogP contribution >= 0.6 is 0 Å². The quantitative estimate of drug-likeness (QED) is 0.763. The molecule has 0 aliphatic heterocycles. The fourth-order valence-electron chi connectivity index (χ4n) is 1.79. The van der Waals surface area contributed by atoms with Gasteiger partial charge in [0.05, 0.1) is 6.61 Å². The van der Waals surface area contributed by atoms with Gasteiger partial charge >= 0.3 is 0 Å². The zero-order valence-electron chi connectivity index (χ0n) is 10.6. The van der Waals surface area contributed by atoms with Gasteiger partial charge in [-0.25, -0.2) is 0 Å². The Kier molecular flexibility index (Phi) is 5.94. The molecule has 1 N–H and O–H groups in total. The summed E-state index contributed by atoms with van der Waals surface area (Å²) in [5, 5.41) is 3.16. The molecule has 0 aromatic heterocycles. The Morgan fingerprint density at radius 3 is 2.75 bits per heavy atom. The van der Waals surface area contributed by atoms with Crippen LogP contribution in [0.1, 0.15) is 32.3 Å². The maximum absolute atomic E-state index is 5.86. The number of hydrogen-bond donors (Lipinski definition) is 1. The van der Waals surface area contributed by atoms with E-state index in [2.05, 4.69) is 31.3 Å². The monoisotopic (exact) mass is 221 g/mol. The molecule has 16 heavy (non-hydrogen) atoms. The molecular weight excluding hydrogens is 198 g/mol. The van der Waals surface area contributed by atoms with Crippen LogP contribution in [0.15, 0.2) is 24.3 Å². The fourth-order valence-corrected chi connectivity index (χ4v) is 1.79. The topological polar surface area (TPSA) is 21.3 Å². The number of rotatable bonds is 7. The van der Waals surface area contributed by atoms with Crippen molar-refractivity contribution >= 4 is 0 Å². The Morgan fingerprint density at radius 2 is 2.06 bits per heavy atom. The molecule has 0 radical (unpaired) electrons. The Morgan fingerprint density at radius 1 is 1.31 bits per heavy atom. The van der Waals surface area contributed by atoms with Gasteiger partial charge in [-0.2, -0.15) is 0 Å². The van der Waals surface area contributed by atoms with Crippen molar-refractivity contribution in [1.82, 2.24) is 5.32 Å². The van der Waals surface area contributed by atoms with Crippen molar-refractivity contribution in [1.29, 1.82) is 0 Å². The Labute approximate surface area is 99.0 Å². The summed E-state index contributed by atoms with van der Waals surface area (Å²) in [6, 6.07) is 8.23. The standard InChI is InChI=1S/C14H23NO/c1-4-7-12(2)11-16-14-9-6-5-8-13(14)10-15-3/h5-6,8-9,12,15H,4,7,10-11H2,1-3H3. The van der Waals surface area contributed by atoms with Crippen molar-refractivity contribution in [2.45, 2.75) is 33.2 Å². The van der Waals surface area contributed by atoms with Crippen LogP contribution in [0.5, 0.6) is 5.75 Å². The third kappa shape index (κ3) is 4.23. The maximum atomic E-state index is 5.86. The van der Waals surface area contributed by atoms with Crippen LogP contribution in [0, 0.1) is 5.92 Å². The van der Waals surface area contributed by atoms with Crippen molar-refractivity contribution < 1.29 is 4.74 Å². The first-order chi connectivity index (χ1) is 7.77. The number of hydrogen-bond acceptors (Lipinski definition) is 2. The first-order valence-corrected chi connectivity index (χ1v) is 6.13. The van der Waals surface area contributed by atoms with Crippen molar-refractivity contribution in [3.63, 3.8) is 0 Å². The molecule has 0 aliphatic rings. The van der Waals surface area contributed by atoms with Crippen molar-refractivity contribution in [3.05, 3.63) is 29.8 Å². The van der Waals surface area contributed by atoms with Crippen molar-refractivity contribution in [2.75, 3.05) is 13.7 Å². The highest BCUT2D eigenvalue weighted by atomic mass is 16.5. The second-order valence-electron chi connectivity index (χ2n) is 4.34. The summed E-state index contributed by atoms with van der Waals surface area (Å²) in [5.74, 6) is 1.65. The van der Waals surface area contributed by atoms with Gasteiger partial charge in [0.1, 0.15) is 5.75 Å². The predicted molar refractivity (Wildman–Crippen MR) is 68.8 cm³/mol. The minimum atomic E-state index is 0.632. The Bertz CT molecular complexity index is 299. The van der Waals surface area contributed by atoms with E-state index in [0.717, 1.165) is 18.9 Å². The molecule has 0 fully saturated rings. The number of nitrogens with one attached hydrogen (secondary N) is 1. The lowest BCUT2D eigenvalue weighted by molar-refractivity contribution is 0.249. The maximum Gasteiger partial charge on any atom is 0.123 e. The van der Waals surface area contributed by atoms with Gasteiger partial charge in [0, 0.05) is 12.1 Å². The fraction of sp³-hybridized carbons (Fsp3) is 0.571. The molecule has 90 valence electrons. The summed E-state index contributed by atoms with van der Waals surface area (Å²) in [6.45, 7) is 6.13. The first-order valence-electron chi connectivity index (χ1n) is 6.13. The van der Waals surface area contributed by atoms with E-state index in [1.807, 2.05) is 19.2 Å². The van der Waals surface area contributed by atoms with Crippen LogP contribution < -0.4 is 10.1 Å². The van der Waals surface area contributed by atoms with E-state index in [0.29, 0.717) is 5.92 Å². The molecule has 1 atom stereocenters. The van der Waals surface area contributed by atoms with Crippen LogP contribution in [-0.4, -0.2) is 13.7 Å². The van der Waals surface area contributed by atoms with Crippen LogP contribution in [-0.2, 0) is 6.54 Å². The molecular formula is C14H23NO. The predicted octanol–water partition coefficient (Wildman–Crippen LogP) is 3.22. The summed E-state index contributed by atoms with van der Waals surface area (Å²) >= 11 is 0. The largest absolute Gasteiger partial charge is 0.493 e. The summed E-state index contributed by atoms with van der Waals surface area (Å²) in [7, 11) is 1.95. The normalized spacial score (nSPS) is 12.4. The van der Waals surface area contributed by atoms with E-state index >= 15 is 0 Å². The van der Waals surface area contributed by atoms with Gasteiger partial charge in [-0.3, -0.25) is 0 Å². The van der Waals surface area contributed by atoms with Gasteiger partial charge in [0.2, 0.25) is 0 Å². The molecule has 0 bridgehead atoms. The highest BCUT2D eigenvalue weighted by Gasteiger charge is 2.05. The zero-order chi connectivity index (χ0) is 11.8. The van der Waals surface area contributed by atoms with E-state index < -0.39 is 0 Å². The molecule has 0 spiro atoms. The minimum absolute atomic E-state index is 0.632. The summed E-state index contributed by atoms with van der Waals surface area (Å²) in [6.07, 6.45) is 2.46. The summed E-state index contributed by atoms with van der Waals surface area (Å²) in [5.41, 5.74) is 1.23. The Hall–Kier alpha value is -1.02. The van der Waals surface area contributed by atoms with Gasteiger partial charge < -0.3 is 10.1 Å². The third-order valence-corrected chi connectivity index (χ3v) is 2.64. The molecule has 0 saturated carbocycles. The molecule has 0 aliphatic carbocycles. The van der Waals surface area contributed by atoms with Gasteiger partial charge in [-0.15, -0.1) is 0 Å². The van der Waals surface area contributed by atoms with E-state index in [1.54, 1.807) is 0 Å². The number of para-hydroxylation sites is 1. The highest BCUT2D eigenvalue weighted by Crippen LogP contribution is 2.19. The zero-order valence-corrected chi connectivity index (χ0v) is 10.6. The van der Waals surface area contributed by atoms with Crippen LogP contribution in [0.25, 0.3) is 0 Å². The van der Waals surface area contributed by atoms with Gasteiger partial charge in [-0.1, -0.05) is 38.5 Å². The van der Waals surface area contributed by atoms with E-state index in [1.165, 1.54) is 18.4 Å².